The average molecular weight is 1280 g/mol. The van der Waals surface area contributed by atoms with Gasteiger partial charge in [0.15, 0.2) is 18.4 Å². The largest absolute Gasteiger partial charge is 0.458 e. The molecule has 0 unspecified atom stereocenters. The van der Waals surface area contributed by atoms with Crippen LogP contribution in [0.5, 0.6) is 0 Å². The number of hydrogen-bond donors (Lipinski definition) is 15. The molecule has 89 heavy (non-hydrogen) atoms. The van der Waals surface area contributed by atoms with Crippen LogP contribution >= 0.6 is 0 Å². The van der Waals surface area contributed by atoms with Crippen LogP contribution in [0, 0.1) is 35.5 Å². The first-order chi connectivity index (χ1) is 41.7. The predicted molar refractivity (Wildman–Crippen MR) is 324 cm³/mol. The van der Waals surface area contributed by atoms with E-state index < -0.39 is 188 Å². The lowest BCUT2D eigenvalue weighted by molar-refractivity contribution is -0.338. The third-order valence-electron chi connectivity index (χ3n) is 19.9. The van der Waals surface area contributed by atoms with Gasteiger partial charge in [0.25, 0.3) is 0 Å². The number of esters is 1. The van der Waals surface area contributed by atoms with Gasteiger partial charge in [0.1, 0.15) is 42.7 Å². The lowest BCUT2D eigenvalue weighted by atomic mass is 9.82. The minimum atomic E-state index is -2.33. The number of carbonyl (C=O) groups excluding carboxylic acids is 2. The Labute approximate surface area is 526 Å². The van der Waals surface area contributed by atoms with Gasteiger partial charge in [-0.3, -0.25) is 4.79 Å². The summed E-state index contributed by atoms with van der Waals surface area (Å²) in [6.45, 7) is 19.9. The number of hydrogen-bond acceptors (Lipinski definition) is 23. The minimum absolute atomic E-state index is 0.0319. The first kappa shape index (κ1) is 77.1. The number of carbonyl (C=O) groups is 2. The molecule has 516 valence electrons. The number of fused-ring (bicyclic) bond motifs is 4. The Bertz CT molecular complexity index is 2260. The maximum absolute atomic E-state index is 14.3. The van der Waals surface area contributed by atoms with E-state index in [9.17, 15) is 81.1 Å². The molecule has 5 rings (SSSR count). The molecule has 0 radical (unpaired) electrons. The molecule has 24 nitrogen and oxygen atoms in total. The Kier molecular flexibility index (Phi) is 30.0. The van der Waals surface area contributed by atoms with Crippen LogP contribution in [0.2, 0.25) is 0 Å². The SMILES string of the molecule is CCC[C@@H](O[C@H]1C[C@](C)(NC(C)=O)[C@H](O)[C@H](C)O1)[C@@H](C)[C@@H](O)[C@H](/C=C/[C@H](O)[C@@H](C)[C@@H]1C/C=C(\C)[C@@H](O)[C@@H](C)[C@H](O[C@@H]2O[C@H](CO)[C@@H](O)[C@H](O)[C@@H]2O)C[C@@H](O)[C@@H](C)[C@H](O)C[C@@H]2C[C@H](O)[C@@H](O)[C@](O)(C[C@@H]3O[C@H](CC[C@@H]3C)C[C@@H](O)C/C=C(\CC)C(=O)O1)O2)CC. The Morgan fingerprint density at radius 3 is 2.09 bits per heavy atom. The number of cyclic esters (lactones) is 1. The molecule has 4 saturated heterocycles. The molecule has 0 aromatic carbocycles. The fourth-order valence-electron chi connectivity index (χ4n) is 13.5. The molecule has 5 aliphatic heterocycles. The second kappa shape index (κ2) is 34.7. The van der Waals surface area contributed by atoms with Crippen molar-refractivity contribution in [3.8, 4) is 0 Å². The topological polar surface area (TPSA) is 394 Å². The van der Waals surface area contributed by atoms with Crippen molar-refractivity contribution in [3.63, 3.8) is 0 Å². The van der Waals surface area contributed by atoms with Crippen LogP contribution in [0.4, 0.5) is 0 Å². The molecule has 15 N–H and O–H groups in total. The highest BCUT2D eigenvalue weighted by Gasteiger charge is 2.52. The standard InChI is InChI=1S/C65H113NO23/c1-13-16-49(85-54-30-64(12,66-39(11)68)60(79)38(10)83-54)36(8)56(75)40(14-2)20-23-45(70)35(7)50-24-18-33(5)55(74)37(9)51(87-63-59(78)58(77)57(76)53(31-67)88-63)28-47(72)34(6)46(71)26-44-27-48(73)61(80)65(82,89-44)29-52-32(4)17-22-43(84-52)25-42(69)21-19-41(15-3)62(81)86-50/h18-20,23,32,34-38,40,42-61,63,67,69-80,82H,13-17,21-22,24-31H2,1-12H3,(H,66,68)/b23-20+,33-18+,41-19+/t32-,34-,35+,36+,37-,38-,40-,42-,43+,44+,45-,46+,47+,48-,49+,50-,51+,52-,53+,54-,55+,56+,57+,58-,59-,60+,61+,63+,64-,65-/m0/s1. The molecule has 0 aromatic heterocycles. The van der Waals surface area contributed by atoms with Gasteiger partial charge in [-0.2, -0.15) is 0 Å². The maximum Gasteiger partial charge on any atom is 0.333 e. The van der Waals surface area contributed by atoms with E-state index in [0.29, 0.717) is 37.7 Å². The molecular weight excluding hydrogens is 1160 g/mol. The first-order valence-corrected chi connectivity index (χ1v) is 32.7. The van der Waals surface area contributed by atoms with Crippen molar-refractivity contribution in [3.05, 3.63) is 35.5 Å². The van der Waals surface area contributed by atoms with E-state index in [1.165, 1.54) is 13.8 Å². The Morgan fingerprint density at radius 1 is 0.798 bits per heavy atom. The molecule has 0 aliphatic carbocycles. The van der Waals surface area contributed by atoms with Gasteiger partial charge in [0.05, 0.1) is 91.5 Å². The molecule has 0 saturated carbocycles. The summed E-state index contributed by atoms with van der Waals surface area (Å²) >= 11 is 0. The van der Waals surface area contributed by atoms with E-state index >= 15 is 0 Å². The second-order valence-electron chi connectivity index (χ2n) is 27.0. The number of rotatable bonds is 17. The van der Waals surface area contributed by atoms with Crippen molar-refractivity contribution in [1.29, 1.82) is 0 Å². The molecular formula is C65H113NO23. The molecule has 1 amide bonds. The second-order valence-corrected chi connectivity index (χ2v) is 27.0. The Balaban J connectivity index is 1.48. The van der Waals surface area contributed by atoms with Crippen molar-refractivity contribution >= 4 is 11.9 Å². The zero-order valence-corrected chi connectivity index (χ0v) is 54.5. The van der Waals surface area contributed by atoms with Crippen molar-refractivity contribution in [1.82, 2.24) is 5.32 Å². The van der Waals surface area contributed by atoms with E-state index in [4.69, 9.17) is 33.2 Å². The number of ether oxygens (including phenoxy) is 7. The summed E-state index contributed by atoms with van der Waals surface area (Å²) in [7, 11) is 0. The van der Waals surface area contributed by atoms with Crippen LogP contribution in [-0.4, -0.2) is 236 Å². The summed E-state index contributed by atoms with van der Waals surface area (Å²) in [5.41, 5.74) is -0.477. The Hall–Kier alpha value is -2.64. The average Bonchev–Trinajstić information content (AvgIpc) is 1.54. The fraction of sp³-hybridized carbons (Fsp3) is 0.877. The number of aliphatic hydroxyl groups excluding tert-OH is 13. The van der Waals surface area contributed by atoms with Crippen LogP contribution in [0.25, 0.3) is 0 Å². The molecule has 4 fully saturated rings. The van der Waals surface area contributed by atoms with Gasteiger partial charge in [-0.25, -0.2) is 4.79 Å². The van der Waals surface area contributed by atoms with E-state index in [1.807, 2.05) is 27.7 Å². The highest BCUT2D eigenvalue weighted by Crippen LogP contribution is 2.41. The summed E-state index contributed by atoms with van der Waals surface area (Å²) in [4.78, 5) is 26.5. The lowest BCUT2D eigenvalue weighted by Gasteiger charge is -2.47. The summed E-state index contributed by atoms with van der Waals surface area (Å²) in [6.07, 6.45) is -17.9. The predicted octanol–water partition coefficient (Wildman–Crippen LogP) is 1.97. The van der Waals surface area contributed by atoms with Gasteiger partial charge in [-0.15, -0.1) is 0 Å². The monoisotopic (exact) mass is 1280 g/mol. The number of aliphatic hydroxyl groups is 14. The number of nitrogens with one attached hydrogen (secondary N) is 1. The summed E-state index contributed by atoms with van der Waals surface area (Å²) < 4.78 is 43.4. The zero-order chi connectivity index (χ0) is 66.6. The van der Waals surface area contributed by atoms with Crippen molar-refractivity contribution < 1.29 is 114 Å². The molecule has 5 heterocycles. The maximum atomic E-state index is 14.3. The summed E-state index contributed by atoms with van der Waals surface area (Å²) in [5, 5.41) is 162. The van der Waals surface area contributed by atoms with Crippen molar-refractivity contribution in [2.24, 2.45) is 35.5 Å². The molecule has 0 spiro atoms. The van der Waals surface area contributed by atoms with E-state index in [0.717, 1.165) is 0 Å². The normalized spacial score (nSPS) is 43.9. The van der Waals surface area contributed by atoms with Crippen molar-refractivity contribution in [2.75, 3.05) is 6.61 Å². The summed E-state index contributed by atoms with van der Waals surface area (Å²) in [6, 6.07) is 0. The highest BCUT2D eigenvalue weighted by molar-refractivity contribution is 5.88. The van der Waals surface area contributed by atoms with Gasteiger partial charge >= 0.3 is 5.97 Å². The van der Waals surface area contributed by atoms with E-state index in [2.05, 4.69) is 5.32 Å². The van der Waals surface area contributed by atoms with Gasteiger partial charge < -0.3 is 110 Å². The minimum Gasteiger partial charge on any atom is -0.458 e. The highest BCUT2D eigenvalue weighted by atomic mass is 16.7. The van der Waals surface area contributed by atoms with Crippen molar-refractivity contribution in [2.45, 2.75) is 319 Å². The Morgan fingerprint density at radius 2 is 1.46 bits per heavy atom. The smallest absolute Gasteiger partial charge is 0.333 e. The van der Waals surface area contributed by atoms with Crippen LogP contribution in [0.1, 0.15) is 173 Å². The van der Waals surface area contributed by atoms with Gasteiger partial charge in [-0.1, -0.05) is 86.1 Å². The summed E-state index contributed by atoms with van der Waals surface area (Å²) in [5.74, 6) is -7.30. The molecule has 4 bridgehead atoms. The lowest BCUT2D eigenvalue weighted by Crippen LogP contribution is -2.63. The third kappa shape index (κ3) is 20.4. The number of amides is 1. The first-order valence-electron chi connectivity index (χ1n) is 32.7. The van der Waals surface area contributed by atoms with Crippen LogP contribution < -0.4 is 5.32 Å². The van der Waals surface area contributed by atoms with Gasteiger partial charge in [0.2, 0.25) is 5.91 Å². The molecule has 30 atom stereocenters. The quantitative estimate of drug-likeness (QED) is 0.0731. The molecule has 0 aromatic rings. The zero-order valence-electron chi connectivity index (χ0n) is 54.5. The van der Waals surface area contributed by atoms with Crippen LogP contribution in [-0.2, 0) is 42.7 Å². The third-order valence-corrected chi connectivity index (χ3v) is 19.9. The molecule has 5 aliphatic rings. The van der Waals surface area contributed by atoms with E-state index in [1.54, 1.807) is 65.8 Å². The van der Waals surface area contributed by atoms with Gasteiger partial charge in [-0.05, 0) is 77.2 Å². The van der Waals surface area contributed by atoms with Crippen LogP contribution in [0.3, 0.4) is 0 Å². The fourth-order valence-corrected chi connectivity index (χ4v) is 13.5. The van der Waals surface area contributed by atoms with E-state index in [-0.39, 0.29) is 75.2 Å². The van der Waals surface area contributed by atoms with Crippen LogP contribution in [0.15, 0.2) is 35.5 Å². The van der Waals surface area contributed by atoms with Gasteiger partial charge in [0, 0.05) is 80.6 Å². The molecule has 24 heteroatoms.